The molecule has 0 rings (SSSR count). The molecule has 0 aromatic carbocycles. The van der Waals surface area contributed by atoms with E-state index < -0.39 is 0 Å². The van der Waals surface area contributed by atoms with Crippen molar-refractivity contribution in [3.63, 3.8) is 0 Å². The van der Waals surface area contributed by atoms with E-state index in [4.69, 9.17) is 10.9 Å². The highest BCUT2D eigenvalue weighted by Gasteiger charge is 2.22. The molecule has 0 aromatic heterocycles. The van der Waals surface area contributed by atoms with Crippen molar-refractivity contribution in [1.29, 1.82) is 0 Å². The molecule has 0 spiro atoms. The summed E-state index contributed by atoms with van der Waals surface area (Å²) in [5.41, 5.74) is 5.84. The molecule has 0 aliphatic carbocycles. The third-order valence-electron chi connectivity index (χ3n) is 3.26. The maximum Gasteiger partial charge on any atom is 0.144 e. The number of nitrogens with two attached hydrogens (primary N) is 1. The minimum Gasteiger partial charge on any atom is -0.409 e. The molecule has 0 saturated carbocycles. The number of hydrogen-bond acceptors (Lipinski definition) is 3. The van der Waals surface area contributed by atoms with Crippen LogP contribution in [-0.4, -0.2) is 24.1 Å². The molecule has 0 unspecified atom stereocenters. The molecule has 108 valence electrons. The number of nitrogens with zero attached hydrogens (tertiary/aromatic N) is 1. The van der Waals surface area contributed by atoms with E-state index in [9.17, 15) is 0 Å². The normalized spacial score (nSPS) is 13.9. The molecule has 0 fully saturated rings. The van der Waals surface area contributed by atoms with Crippen LogP contribution in [0, 0.1) is 10.8 Å². The van der Waals surface area contributed by atoms with Gasteiger partial charge in [0, 0.05) is 5.41 Å². The second-order valence-corrected chi connectivity index (χ2v) is 6.89. The summed E-state index contributed by atoms with van der Waals surface area (Å²) in [5.74, 6) is 0.322. The van der Waals surface area contributed by atoms with E-state index in [1.165, 1.54) is 6.42 Å². The summed E-state index contributed by atoms with van der Waals surface area (Å²) in [6, 6.07) is 0. The molecule has 0 heterocycles. The number of amidine groups is 1. The van der Waals surface area contributed by atoms with Crippen molar-refractivity contribution in [3.8, 4) is 0 Å². The van der Waals surface area contributed by atoms with E-state index in [2.05, 4.69) is 31.2 Å². The van der Waals surface area contributed by atoms with Crippen LogP contribution in [0.3, 0.4) is 0 Å². The molecule has 4 N–H and O–H groups in total. The van der Waals surface area contributed by atoms with Crippen LogP contribution in [-0.2, 0) is 0 Å². The number of nitrogens with one attached hydrogen (secondary N) is 1. The third-order valence-corrected chi connectivity index (χ3v) is 3.26. The summed E-state index contributed by atoms with van der Waals surface area (Å²) in [6.45, 7) is 12.9. The quantitative estimate of drug-likeness (QED) is 0.206. The molecule has 0 atom stereocenters. The Balaban J connectivity index is 3.58. The highest BCUT2D eigenvalue weighted by Crippen LogP contribution is 2.23. The minimum atomic E-state index is -0.208. The van der Waals surface area contributed by atoms with Gasteiger partial charge in [-0.1, -0.05) is 46.2 Å². The number of unbranched alkanes of at least 4 members (excludes halogenated alkanes) is 1. The molecule has 4 heteroatoms. The van der Waals surface area contributed by atoms with Crippen LogP contribution >= 0.6 is 0 Å². The van der Waals surface area contributed by atoms with Crippen molar-refractivity contribution in [2.75, 3.05) is 13.1 Å². The fourth-order valence-corrected chi connectivity index (χ4v) is 1.67. The lowest BCUT2D eigenvalue weighted by atomic mass is 9.86. The average molecular weight is 257 g/mol. The van der Waals surface area contributed by atoms with Crippen LogP contribution in [0.25, 0.3) is 0 Å². The zero-order valence-corrected chi connectivity index (χ0v) is 12.7. The van der Waals surface area contributed by atoms with Gasteiger partial charge in [0.15, 0.2) is 0 Å². The molecule has 0 amide bonds. The van der Waals surface area contributed by atoms with Crippen molar-refractivity contribution >= 4 is 5.84 Å². The van der Waals surface area contributed by atoms with E-state index in [0.29, 0.717) is 11.3 Å². The molecule has 4 nitrogen and oxygen atoms in total. The van der Waals surface area contributed by atoms with Crippen molar-refractivity contribution in [1.82, 2.24) is 5.32 Å². The van der Waals surface area contributed by atoms with Crippen molar-refractivity contribution in [2.24, 2.45) is 21.7 Å². The van der Waals surface area contributed by atoms with Crippen molar-refractivity contribution in [3.05, 3.63) is 0 Å². The summed E-state index contributed by atoms with van der Waals surface area (Å²) < 4.78 is 0. The Bertz CT molecular complexity index is 254. The fourth-order valence-electron chi connectivity index (χ4n) is 1.67. The Morgan fingerprint density at radius 1 is 1.06 bits per heavy atom. The van der Waals surface area contributed by atoms with Crippen LogP contribution in [0.1, 0.15) is 60.3 Å². The molecular weight excluding hydrogens is 226 g/mol. The molecule has 0 aliphatic rings. The first-order valence-corrected chi connectivity index (χ1v) is 6.88. The summed E-state index contributed by atoms with van der Waals surface area (Å²) in [4.78, 5) is 0. The van der Waals surface area contributed by atoms with Gasteiger partial charge in [-0.2, -0.15) is 0 Å². The molecule has 18 heavy (non-hydrogen) atoms. The fraction of sp³-hybridized carbons (Fsp3) is 0.929. The summed E-state index contributed by atoms with van der Waals surface area (Å²) in [5, 5.41) is 15.2. The van der Waals surface area contributed by atoms with Crippen molar-refractivity contribution < 1.29 is 5.21 Å². The van der Waals surface area contributed by atoms with Gasteiger partial charge in [0.25, 0.3) is 0 Å². The Labute approximate surface area is 112 Å². The molecule has 0 bridgehead atoms. The van der Waals surface area contributed by atoms with Gasteiger partial charge in [-0.3, -0.25) is 0 Å². The number of hydrogen-bond donors (Lipinski definition) is 3. The van der Waals surface area contributed by atoms with Crippen LogP contribution in [0.5, 0.6) is 0 Å². The van der Waals surface area contributed by atoms with E-state index >= 15 is 0 Å². The van der Waals surface area contributed by atoms with Gasteiger partial charge in [0.2, 0.25) is 0 Å². The second-order valence-electron chi connectivity index (χ2n) is 6.89. The van der Waals surface area contributed by atoms with Gasteiger partial charge < -0.3 is 16.3 Å². The summed E-state index contributed by atoms with van der Waals surface area (Å²) in [7, 11) is 0. The first-order valence-electron chi connectivity index (χ1n) is 6.88. The standard InChI is InChI=1S/C14H31N3O/c1-13(2,3)9-11-16-10-7-6-8-14(4,5)12(15)17-18/h16,18H,6-11H2,1-5H3,(H2,15,17). The Kier molecular flexibility index (Phi) is 7.29. The van der Waals surface area contributed by atoms with E-state index in [1.54, 1.807) is 0 Å². The summed E-state index contributed by atoms with van der Waals surface area (Å²) >= 11 is 0. The largest absolute Gasteiger partial charge is 0.409 e. The molecular formula is C14H31N3O. The Hall–Kier alpha value is -0.770. The lowest BCUT2D eigenvalue weighted by molar-refractivity contribution is 0.304. The topological polar surface area (TPSA) is 70.6 Å². The zero-order valence-electron chi connectivity index (χ0n) is 12.7. The van der Waals surface area contributed by atoms with Gasteiger partial charge in [-0.05, 0) is 37.8 Å². The van der Waals surface area contributed by atoms with E-state index in [-0.39, 0.29) is 5.41 Å². The molecule has 0 aromatic rings. The van der Waals surface area contributed by atoms with Gasteiger partial charge in [0.05, 0.1) is 0 Å². The van der Waals surface area contributed by atoms with Crippen molar-refractivity contribution in [2.45, 2.75) is 60.3 Å². The van der Waals surface area contributed by atoms with Gasteiger partial charge in [-0.25, -0.2) is 0 Å². The highest BCUT2D eigenvalue weighted by atomic mass is 16.4. The third kappa shape index (κ3) is 8.34. The Morgan fingerprint density at radius 3 is 2.17 bits per heavy atom. The van der Waals surface area contributed by atoms with Gasteiger partial charge in [0.1, 0.15) is 5.84 Å². The minimum absolute atomic E-state index is 0.208. The van der Waals surface area contributed by atoms with Gasteiger partial charge in [-0.15, -0.1) is 0 Å². The van der Waals surface area contributed by atoms with Crippen LogP contribution in [0.2, 0.25) is 0 Å². The monoisotopic (exact) mass is 257 g/mol. The maximum atomic E-state index is 8.67. The lowest BCUT2D eigenvalue weighted by Crippen LogP contribution is -2.32. The summed E-state index contributed by atoms with van der Waals surface area (Å²) in [6.07, 6.45) is 4.37. The van der Waals surface area contributed by atoms with Crippen LogP contribution < -0.4 is 11.1 Å². The molecule has 0 radical (unpaired) electrons. The zero-order chi connectivity index (χ0) is 14.2. The first kappa shape index (κ1) is 17.2. The number of oxime groups is 1. The molecule has 0 saturated heterocycles. The predicted octanol–water partition coefficient (Wildman–Crippen LogP) is 2.96. The molecule has 0 aliphatic heterocycles. The van der Waals surface area contributed by atoms with E-state index in [0.717, 1.165) is 32.4 Å². The second kappa shape index (κ2) is 7.62. The Morgan fingerprint density at radius 2 is 1.67 bits per heavy atom. The maximum absolute atomic E-state index is 8.67. The smallest absolute Gasteiger partial charge is 0.144 e. The predicted molar refractivity (Wildman–Crippen MR) is 78.0 cm³/mol. The first-order chi connectivity index (χ1) is 8.19. The number of rotatable bonds is 8. The van der Waals surface area contributed by atoms with Crippen LogP contribution in [0.4, 0.5) is 0 Å². The average Bonchev–Trinajstić information content (AvgIpc) is 2.25. The van der Waals surface area contributed by atoms with E-state index in [1.807, 2.05) is 13.8 Å². The lowest BCUT2D eigenvalue weighted by Gasteiger charge is -2.22. The highest BCUT2D eigenvalue weighted by molar-refractivity contribution is 5.85. The SMILES string of the molecule is CC(C)(C)CCNCCCCC(C)(C)C(N)=NO. The van der Waals surface area contributed by atoms with Crippen LogP contribution in [0.15, 0.2) is 5.16 Å². The van der Waals surface area contributed by atoms with Gasteiger partial charge >= 0.3 is 0 Å².